The normalized spacial score (nSPS) is 10.6. The minimum atomic E-state index is 0.477. The van der Waals surface area contributed by atoms with Crippen LogP contribution < -0.4 is 5.32 Å². The van der Waals surface area contributed by atoms with Gasteiger partial charge in [-0.2, -0.15) is 0 Å². The minimum Gasteiger partial charge on any atom is -0.467 e. The molecule has 90 valence electrons. The summed E-state index contributed by atoms with van der Waals surface area (Å²) in [7, 11) is 1.90. The predicted octanol–water partition coefficient (Wildman–Crippen LogP) is 2.11. The van der Waals surface area contributed by atoms with Gasteiger partial charge in [0.2, 0.25) is 0 Å². The fraction of sp³-hybridized carbons (Fsp3) is 0.308. The van der Waals surface area contributed by atoms with Crippen LogP contribution in [0.15, 0.2) is 41.0 Å². The second-order valence-electron chi connectivity index (χ2n) is 3.72. The van der Waals surface area contributed by atoms with E-state index in [9.17, 15) is 0 Å². The Balaban J connectivity index is 1.84. The first-order chi connectivity index (χ1) is 8.38. The van der Waals surface area contributed by atoms with Crippen molar-refractivity contribution in [1.82, 2.24) is 10.3 Å². The van der Waals surface area contributed by atoms with Crippen molar-refractivity contribution in [3.8, 4) is 0 Å². The Hall–Kier alpha value is -1.65. The molecule has 0 fully saturated rings. The number of hydrogen-bond acceptors (Lipinski definition) is 4. The Kier molecular flexibility index (Phi) is 4.30. The van der Waals surface area contributed by atoms with Gasteiger partial charge < -0.3 is 14.5 Å². The van der Waals surface area contributed by atoms with Crippen LogP contribution in [0.3, 0.4) is 0 Å². The first kappa shape index (κ1) is 11.8. The molecule has 2 rings (SSSR count). The molecule has 1 N–H and O–H groups in total. The van der Waals surface area contributed by atoms with Gasteiger partial charge in [-0.15, -0.1) is 0 Å². The molecule has 2 aromatic heterocycles. The molecule has 0 unspecified atom stereocenters. The molecule has 4 heteroatoms. The van der Waals surface area contributed by atoms with Crippen molar-refractivity contribution in [2.45, 2.75) is 19.8 Å². The van der Waals surface area contributed by atoms with Crippen LogP contribution in [0.5, 0.6) is 0 Å². The van der Waals surface area contributed by atoms with Gasteiger partial charge in [0.25, 0.3) is 0 Å². The largest absolute Gasteiger partial charge is 0.467 e. The molecular formula is C13H16N2O2. The molecule has 0 aliphatic carbocycles. The van der Waals surface area contributed by atoms with E-state index in [1.165, 1.54) is 0 Å². The van der Waals surface area contributed by atoms with E-state index in [4.69, 9.17) is 9.15 Å². The number of aromatic nitrogens is 1. The maximum absolute atomic E-state index is 5.52. The number of nitrogens with one attached hydrogen (secondary N) is 1. The van der Waals surface area contributed by atoms with Crippen LogP contribution in [0, 0.1) is 0 Å². The molecule has 2 heterocycles. The van der Waals surface area contributed by atoms with Crippen LogP contribution in [0.25, 0.3) is 0 Å². The molecule has 17 heavy (non-hydrogen) atoms. The summed E-state index contributed by atoms with van der Waals surface area (Å²) in [5.74, 6) is 0.830. The quantitative estimate of drug-likeness (QED) is 0.828. The maximum Gasteiger partial charge on any atom is 0.129 e. The Morgan fingerprint density at radius 3 is 2.82 bits per heavy atom. The standard InChI is InChI=1S/C13H16N2O2/c1-14-8-11-4-2-5-12(15-11)9-16-10-13-6-3-7-17-13/h2-7,14H,8-10H2,1H3. The van der Waals surface area contributed by atoms with Crippen molar-refractivity contribution in [2.75, 3.05) is 7.05 Å². The van der Waals surface area contributed by atoms with Gasteiger partial charge in [0.1, 0.15) is 12.4 Å². The first-order valence-electron chi connectivity index (χ1n) is 5.58. The molecule has 0 aliphatic rings. The van der Waals surface area contributed by atoms with Crippen molar-refractivity contribution < 1.29 is 9.15 Å². The number of pyridine rings is 1. The third-order valence-electron chi connectivity index (χ3n) is 2.30. The summed E-state index contributed by atoms with van der Waals surface area (Å²) < 4.78 is 10.7. The average molecular weight is 232 g/mol. The molecule has 2 aromatic rings. The van der Waals surface area contributed by atoms with Gasteiger partial charge in [0, 0.05) is 6.54 Å². The highest BCUT2D eigenvalue weighted by molar-refractivity contribution is 5.10. The van der Waals surface area contributed by atoms with Crippen molar-refractivity contribution in [2.24, 2.45) is 0 Å². The average Bonchev–Trinajstić information content (AvgIpc) is 2.83. The number of rotatable bonds is 6. The van der Waals surface area contributed by atoms with Crippen molar-refractivity contribution >= 4 is 0 Å². The molecule has 0 radical (unpaired) electrons. The zero-order valence-corrected chi connectivity index (χ0v) is 9.85. The van der Waals surface area contributed by atoms with Gasteiger partial charge in [0.15, 0.2) is 0 Å². The molecular weight excluding hydrogens is 216 g/mol. The van der Waals surface area contributed by atoms with Crippen LogP contribution in [-0.4, -0.2) is 12.0 Å². The zero-order chi connectivity index (χ0) is 11.9. The summed E-state index contributed by atoms with van der Waals surface area (Å²) in [4.78, 5) is 4.46. The molecule has 0 bridgehead atoms. The summed E-state index contributed by atoms with van der Waals surface area (Å²) in [6.07, 6.45) is 1.64. The topological polar surface area (TPSA) is 47.3 Å². The van der Waals surface area contributed by atoms with Crippen LogP contribution in [0.1, 0.15) is 17.1 Å². The van der Waals surface area contributed by atoms with E-state index < -0.39 is 0 Å². The fourth-order valence-electron chi connectivity index (χ4n) is 1.54. The Morgan fingerprint density at radius 2 is 2.06 bits per heavy atom. The molecule has 0 amide bonds. The molecule has 4 nitrogen and oxygen atoms in total. The lowest BCUT2D eigenvalue weighted by atomic mass is 10.3. The maximum atomic E-state index is 5.52. The van der Waals surface area contributed by atoms with E-state index in [1.54, 1.807) is 6.26 Å². The van der Waals surface area contributed by atoms with Crippen molar-refractivity contribution in [3.63, 3.8) is 0 Å². The molecule has 0 spiro atoms. The molecule has 0 saturated heterocycles. The molecule has 0 atom stereocenters. The van der Waals surface area contributed by atoms with Crippen LogP contribution in [0.2, 0.25) is 0 Å². The lowest BCUT2D eigenvalue weighted by Gasteiger charge is -2.04. The highest BCUT2D eigenvalue weighted by Crippen LogP contribution is 2.05. The fourth-order valence-corrected chi connectivity index (χ4v) is 1.54. The van der Waals surface area contributed by atoms with Gasteiger partial charge in [-0.05, 0) is 31.3 Å². The Morgan fingerprint density at radius 1 is 1.18 bits per heavy atom. The number of nitrogens with zero attached hydrogens (tertiary/aromatic N) is 1. The van der Waals surface area contributed by atoms with Gasteiger partial charge in [-0.1, -0.05) is 6.07 Å². The zero-order valence-electron chi connectivity index (χ0n) is 9.85. The molecule has 0 aliphatic heterocycles. The summed E-state index contributed by atoms with van der Waals surface area (Å²) >= 11 is 0. The van der Waals surface area contributed by atoms with Gasteiger partial charge in [-0.3, -0.25) is 4.98 Å². The van der Waals surface area contributed by atoms with Crippen LogP contribution in [0.4, 0.5) is 0 Å². The lowest BCUT2D eigenvalue weighted by molar-refractivity contribution is 0.0905. The van der Waals surface area contributed by atoms with E-state index in [0.29, 0.717) is 13.2 Å². The molecule has 0 aromatic carbocycles. The Labute approximate surface area is 101 Å². The third kappa shape index (κ3) is 3.69. The van der Waals surface area contributed by atoms with E-state index in [1.807, 2.05) is 37.4 Å². The second kappa shape index (κ2) is 6.18. The predicted molar refractivity (Wildman–Crippen MR) is 64.2 cm³/mol. The van der Waals surface area contributed by atoms with Crippen molar-refractivity contribution in [1.29, 1.82) is 0 Å². The van der Waals surface area contributed by atoms with Gasteiger partial charge in [-0.25, -0.2) is 0 Å². The highest BCUT2D eigenvalue weighted by Gasteiger charge is 1.99. The molecule has 0 saturated carbocycles. The Bertz CT molecular complexity index is 440. The van der Waals surface area contributed by atoms with E-state index in [0.717, 1.165) is 23.7 Å². The minimum absolute atomic E-state index is 0.477. The van der Waals surface area contributed by atoms with Gasteiger partial charge in [0.05, 0.1) is 24.3 Å². The second-order valence-corrected chi connectivity index (χ2v) is 3.72. The summed E-state index contributed by atoms with van der Waals surface area (Å²) in [6, 6.07) is 9.69. The van der Waals surface area contributed by atoms with Crippen molar-refractivity contribution in [3.05, 3.63) is 53.7 Å². The van der Waals surface area contributed by atoms with E-state index >= 15 is 0 Å². The SMILES string of the molecule is CNCc1cccc(COCc2ccco2)n1. The monoisotopic (exact) mass is 232 g/mol. The lowest BCUT2D eigenvalue weighted by Crippen LogP contribution is -2.08. The smallest absolute Gasteiger partial charge is 0.129 e. The summed E-state index contributed by atoms with van der Waals surface area (Å²) in [6.45, 7) is 1.75. The van der Waals surface area contributed by atoms with Crippen LogP contribution >= 0.6 is 0 Å². The number of hydrogen-bond donors (Lipinski definition) is 1. The third-order valence-corrected chi connectivity index (χ3v) is 2.30. The number of ether oxygens (including phenoxy) is 1. The summed E-state index contributed by atoms with van der Waals surface area (Å²) in [5.41, 5.74) is 1.95. The van der Waals surface area contributed by atoms with Gasteiger partial charge >= 0.3 is 0 Å². The van der Waals surface area contributed by atoms with Crippen LogP contribution in [-0.2, 0) is 24.5 Å². The van der Waals surface area contributed by atoms with E-state index in [2.05, 4.69) is 10.3 Å². The highest BCUT2D eigenvalue weighted by atomic mass is 16.5. The number of furan rings is 1. The first-order valence-corrected chi connectivity index (χ1v) is 5.58. The van der Waals surface area contributed by atoms with E-state index in [-0.39, 0.29) is 0 Å². The summed E-state index contributed by atoms with van der Waals surface area (Å²) in [5, 5.41) is 3.07.